The van der Waals surface area contributed by atoms with Gasteiger partial charge in [-0.1, -0.05) is 6.07 Å². The number of carbonyl (C=O) groups is 2. The number of halogens is 1. The highest BCUT2D eigenvalue weighted by atomic mass is 32.2. The molecule has 0 spiro atoms. The Morgan fingerprint density at radius 2 is 1.78 bits per heavy atom. The molecule has 1 aliphatic heterocycles. The van der Waals surface area contributed by atoms with Crippen LogP contribution in [0.5, 0.6) is 5.75 Å². The van der Waals surface area contributed by atoms with Gasteiger partial charge in [-0.05, 0) is 60.0 Å². The highest BCUT2D eigenvalue weighted by Crippen LogP contribution is 2.32. The van der Waals surface area contributed by atoms with Crippen molar-refractivity contribution in [2.24, 2.45) is 0 Å². The van der Waals surface area contributed by atoms with E-state index in [2.05, 4.69) is 0 Å². The van der Waals surface area contributed by atoms with E-state index in [0.717, 1.165) is 33.5 Å². The summed E-state index contributed by atoms with van der Waals surface area (Å²) in [6, 6.07) is 13.0. The predicted molar refractivity (Wildman–Crippen MR) is 117 cm³/mol. The van der Waals surface area contributed by atoms with E-state index in [-0.39, 0.29) is 17.9 Å². The summed E-state index contributed by atoms with van der Waals surface area (Å²) in [4.78, 5) is 27.6. The lowest BCUT2D eigenvalue weighted by atomic mass is 10.2. The molecule has 7 nitrogen and oxygen atoms in total. The molecule has 1 unspecified atom stereocenters. The van der Waals surface area contributed by atoms with Gasteiger partial charge in [0.05, 0.1) is 24.1 Å². The van der Waals surface area contributed by atoms with Crippen LogP contribution in [-0.4, -0.2) is 37.7 Å². The zero-order valence-corrected chi connectivity index (χ0v) is 18.6. The molecule has 1 fully saturated rings. The average molecular weight is 475 g/mol. The zero-order chi connectivity index (χ0) is 22.9. The topological polar surface area (TPSA) is 84.0 Å². The molecule has 1 atom stereocenters. The van der Waals surface area contributed by atoms with E-state index in [1.807, 2.05) is 0 Å². The summed E-state index contributed by atoms with van der Waals surface area (Å²) < 4.78 is 46.4. The van der Waals surface area contributed by atoms with Crippen molar-refractivity contribution < 1.29 is 27.1 Å². The molecule has 1 saturated heterocycles. The van der Waals surface area contributed by atoms with Crippen LogP contribution in [0, 0.1) is 5.82 Å². The van der Waals surface area contributed by atoms with Gasteiger partial charge in [-0.2, -0.15) is 4.31 Å². The number of rotatable bonds is 7. The van der Waals surface area contributed by atoms with Gasteiger partial charge in [-0.3, -0.25) is 9.59 Å². The summed E-state index contributed by atoms with van der Waals surface area (Å²) >= 11 is 1.34. The molecule has 10 heteroatoms. The van der Waals surface area contributed by atoms with Gasteiger partial charge in [0.1, 0.15) is 17.6 Å². The van der Waals surface area contributed by atoms with Gasteiger partial charge in [0.2, 0.25) is 15.9 Å². The second kappa shape index (κ2) is 8.81. The van der Waals surface area contributed by atoms with Crippen LogP contribution in [0.4, 0.5) is 10.1 Å². The summed E-state index contributed by atoms with van der Waals surface area (Å²) in [5, 5.41) is 1.79. The number of anilines is 1. The molecule has 2 aromatic carbocycles. The van der Waals surface area contributed by atoms with Crippen molar-refractivity contribution >= 4 is 38.9 Å². The quantitative estimate of drug-likeness (QED) is 0.490. The molecule has 4 rings (SSSR count). The first-order valence-electron chi connectivity index (χ1n) is 9.62. The molecule has 0 bridgehead atoms. The van der Waals surface area contributed by atoms with E-state index < -0.39 is 33.7 Å². The van der Waals surface area contributed by atoms with Crippen LogP contribution in [0.3, 0.4) is 0 Å². The van der Waals surface area contributed by atoms with Gasteiger partial charge >= 0.3 is 0 Å². The number of carbonyl (C=O) groups excluding carboxylic acids is 2. The van der Waals surface area contributed by atoms with E-state index in [1.54, 1.807) is 41.8 Å². The molecule has 0 N–H and O–H groups in total. The fourth-order valence-corrected chi connectivity index (χ4v) is 5.85. The number of benzene rings is 2. The molecule has 32 heavy (non-hydrogen) atoms. The first-order chi connectivity index (χ1) is 15.3. The number of hydrogen-bond acceptors (Lipinski definition) is 6. The molecule has 166 valence electrons. The third-order valence-corrected chi connectivity index (χ3v) is 7.84. The second-order valence-corrected chi connectivity index (χ2v) is 9.99. The van der Waals surface area contributed by atoms with Gasteiger partial charge in [0.15, 0.2) is 0 Å². The highest BCUT2D eigenvalue weighted by molar-refractivity contribution is 7.89. The molecule has 2 amide bonds. The van der Waals surface area contributed by atoms with E-state index >= 15 is 0 Å². The Bertz CT molecular complexity index is 1230. The van der Waals surface area contributed by atoms with E-state index in [9.17, 15) is 22.4 Å². The Labute approximate surface area is 188 Å². The number of nitrogens with zero attached hydrogens (tertiary/aromatic N) is 2. The van der Waals surface area contributed by atoms with Crippen LogP contribution >= 0.6 is 11.3 Å². The number of imide groups is 1. The van der Waals surface area contributed by atoms with Gasteiger partial charge in [0, 0.05) is 11.4 Å². The van der Waals surface area contributed by atoms with Crippen molar-refractivity contribution in [1.29, 1.82) is 0 Å². The molecule has 3 aromatic rings. The Hall–Kier alpha value is -3.08. The summed E-state index contributed by atoms with van der Waals surface area (Å²) in [5.41, 5.74) is 0.332. The van der Waals surface area contributed by atoms with Crippen molar-refractivity contribution in [3.63, 3.8) is 0 Å². The van der Waals surface area contributed by atoms with E-state index in [4.69, 9.17) is 4.74 Å². The maximum absolute atomic E-state index is 13.4. The molecule has 1 aromatic heterocycles. The Morgan fingerprint density at radius 3 is 2.38 bits per heavy atom. The standard InChI is InChI=1S/C22H19FN2O5S2/c1-30-17-8-6-16(7-9-17)25-21(26)13-20(22(25)27)24(14-18-3-2-12-31-18)32(28,29)19-10-4-15(23)5-11-19/h2-12,20H,13-14H2,1H3. The van der Waals surface area contributed by atoms with Crippen LogP contribution in [0.15, 0.2) is 70.9 Å². The van der Waals surface area contributed by atoms with E-state index in [1.165, 1.54) is 18.4 Å². The summed E-state index contributed by atoms with van der Waals surface area (Å²) in [7, 11) is -2.70. The van der Waals surface area contributed by atoms with Crippen molar-refractivity contribution in [2.45, 2.75) is 23.9 Å². The van der Waals surface area contributed by atoms with Crippen LogP contribution < -0.4 is 9.64 Å². The van der Waals surface area contributed by atoms with Gasteiger partial charge in [0.25, 0.3) is 5.91 Å². The molecular weight excluding hydrogens is 455 g/mol. The smallest absolute Gasteiger partial charge is 0.252 e. The molecule has 0 saturated carbocycles. The third-order valence-electron chi connectivity index (χ3n) is 5.11. The monoisotopic (exact) mass is 474 g/mol. The summed E-state index contributed by atoms with van der Waals surface area (Å²) in [5.74, 6) is -1.16. The number of thiophene rings is 1. The van der Waals surface area contributed by atoms with Crippen LogP contribution in [0.1, 0.15) is 11.3 Å². The van der Waals surface area contributed by atoms with Crippen molar-refractivity contribution in [1.82, 2.24) is 4.31 Å². The minimum Gasteiger partial charge on any atom is -0.497 e. The first-order valence-corrected chi connectivity index (χ1v) is 11.9. The number of methoxy groups -OCH3 is 1. The minimum absolute atomic E-state index is 0.0858. The SMILES string of the molecule is COc1ccc(N2C(=O)CC(N(Cc3cccs3)S(=O)(=O)c3ccc(F)cc3)C2=O)cc1. The van der Waals surface area contributed by atoms with Gasteiger partial charge in [-0.15, -0.1) is 11.3 Å². The fraction of sp³-hybridized carbons (Fsp3) is 0.182. The van der Waals surface area contributed by atoms with Crippen molar-refractivity contribution in [3.05, 3.63) is 76.7 Å². The molecule has 0 radical (unpaired) electrons. The van der Waals surface area contributed by atoms with Crippen molar-refractivity contribution in [2.75, 3.05) is 12.0 Å². The Kier molecular flexibility index (Phi) is 6.09. The Balaban J connectivity index is 1.71. The number of ether oxygens (including phenoxy) is 1. The molecule has 1 aliphatic rings. The van der Waals surface area contributed by atoms with Crippen molar-refractivity contribution in [3.8, 4) is 5.75 Å². The second-order valence-electron chi connectivity index (χ2n) is 7.07. The molecule has 0 aliphatic carbocycles. The molecular formula is C22H19FN2O5S2. The number of amides is 2. The first kappa shape index (κ1) is 22.1. The number of sulfonamides is 1. The summed E-state index contributed by atoms with van der Waals surface area (Å²) in [6.45, 7) is -0.0858. The van der Waals surface area contributed by atoms with Gasteiger partial charge < -0.3 is 4.74 Å². The van der Waals surface area contributed by atoms with Crippen LogP contribution in [-0.2, 0) is 26.2 Å². The van der Waals surface area contributed by atoms with Gasteiger partial charge in [-0.25, -0.2) is 17.7 Å². The third kappa shape index (κ3) is 4.16. The van der Waals surface area contributed by atoms with Crippen LogP contribution in [0.25, 0.3) is 0 Å². The normalized spacial score (nSPS) is 16.7. The highest BCUT2D eigenvalue weighted by Gasteiger charge is 2.47. The number of hydrogen-bond donors (Lipinski definition) is 0. The zero-order valence-electron chi connectivity index (χ0n) is 17.0. The maximum Gasteiger partial charge on any atom is 0.252 e. The lowest BCUT2D eigenvalue weighted by Crippen LogP contribution is -2.44. The van der Waals surface area contributed by atoms with E-state index in [0.29, 0.717) is 16.3 Å². The summed E-state index contributed by atoms with van der Waals surface area (Å²) in [6.07, 6.45) is -0.295. The Morgan fingerprint density at radius 1 is 1.09 bits per heavy atom. The molecule has 2 heterocycles. The lowest BCUT2D eigenvalue weighted by molar-refractivity contribution is -0.122. The fourth-order valence-electron chi connectivity index (χ4n) is 3.50. The lowest BCUT2D eigenvalue weighted by Gasteiger charge is -2.26. The average Bonchev–Trinajstić information content (AvgIpc) is 3.40. The minimum atomic E-state index is -4.20. The predicted octanol–water partition coefficient (Wildman–Crippen LogP) is 3.42. The largest absolute Gasteiger partial charge is 0.497 e. The van der Waals surface area contributed by atoms with Crippen LogP contribution in [0.2, 0.25) is 0 Å². The maximum atomic E-state index is 13.4.